The van der Waals surface area contributed by atoms with Crippen LogP contribution in [0.4, 0.5) is 0 Å². The molecule has 4 unspecified atom stereocenters. The smallest absolute Gasteiger partial charge is 0.333 e. The average Bonchev–Trinajstić information content (AvgIpc) is 3.74. The van der Waals surface area contributed by atoms with E-state index in [2.05, 4.69) is 77.4 Å². The summed E-state index contributed by atoms with van der Waals surface area (Å²) in [5.74, 6) is 1.44. The number of benzene rings is 3. The summed E-state index contributed by atoms with van der Waals surface area (Å²) in [5, 5.41) is 18.7. The lowest BCUT2D eigenvalue weighted by molar-refractivity contribution is -0.0818. The molecule has 3 aromatic rings. The van der Waals surface area contributed by atoms with Gasteiger partial charge in [0.25, 0.3) is 8.53 Å². The van der Waals surface area contributed by atoms with E-state index in [1.165, 1.54) is 0 Å². The number of hydrogen-bond acceptors (Lipinski definition) is 13. The highest BCUT2D eigenvalue weighted by Crippen LogP contribution is 2.52. The van der Waals surface area contributed by atoms with E-state index in [1.54, 1.807) is 14.2 Å². The van der Waals surface area contributed by atoms with E-state index >= 15 is 0 Å². The second-order valence-corrected chi connectivity index (χ2v) is 19.1. The number of ether oxygens (including phenoxy) is 5. The summed E-state index contributed by atoms with van der Waals surface area (Å²) in [6.07, 6.45) is -0.865. The summed E-state index contributed by atoms with van der Waals surface area (Å²) >= 11 is 0. The summed E-state index contributed by atoms with van der Waals surface area (Å²) in [7, 11) is -0.216. The molecule has 0 N–H and O–H groups in total. The first-order valence-corrected chi connectivity index (χ1v) is 24.3. The molecule has 5 rings (SSSR count). The third-order valence-electron chi connectivity index (χ3n) is 11.7. The predicted molar refractivity (Wildman–Crippen MR) is 244 cm³/mol. The molecule has 3 aromatic carbocycles. The second-order valence-electron chi connectivity index (χ2n) is 16.5. The Morgan fingerprint density at radius 3 is 1.70 bits per heavy atom. The maximum Gasteiger partial charge on any atom is 0.333 e. The Morgan fingerprint density at radius 1 is 0.651 bits per heavy atom. The standard InChI is InChI=1S/C48H67N3O10P2/c1-11-43-36(7)47(44(59-43)31-54-48(38-17-13-12-14-18-38,39-19-23-41(52-9)24-20-39)40-21-25-42(53-10)26-22-40)61-63(56-30-16-28-50)57-32-45-46(35(6)37(8)58-45)60-62(55-29-15-27-49)51(33(2)3)34(4)5/h12-14,17-26,33-37,43-47H,11,15-16,29-32H2,1-10H3/t35?,36?,37-,43-,44+,45+,46+,47+,62?,63?/m0/s1. The van der Waals surface area contributed by atoms with Crippen molar-refractivity contribution in [3.63, 3.8) is 0 Å². The number of methoxy groups -OCH3 is 2. The van der Waals surface area contributed by atoms with Gasteiger partial charge in [-0.25, -0.2) is 4.67 Å². The SMILES string of the molecule is CC[C@@H]1O[C@H](COC(c2ccccc2)(c2ccc(OC)cc2)c2ccc(OC)cc2)[C@H](OP(OCCC#N)OC[C@H]2O[C@@H](C)C(C)[C@H]2OP(OCCC#N)N(C(C)C)C(C)C)C1C. The van der Waals surface area contributed by atoms with E-state index in [9.17, 15) is 10.5 Å². The fraction of sp³-hybridized carbons (Fsp3) is 0.583. The minimum absolute atomic E-state index is 0.0207. The van der Waals surface area contributed by atoms with Crippen molar-refractivity contribution in [2.45, 2.75) is 129 Å². The van der Waals surface area contributed by atoms with Crippen molar-refractivity contribution >= 4 is 17.1 Å². The Bertz CT molecular complexity index is 1820. The molecule has 0 radical (unpaired) electrons. The third-order valence-corrected chi connectivity index (χ3v) is 15.0. The number of rotatable bonds is 25. The van der Waals surface area contributed by atoms with Gasteiger partial charge in [-0.1, -0.05) is 75.4 Å². The van der Waals surface area contributed by atoms with Crippen molar-refractivity contribution < 1.29 is 46.3 Å². The summed E-state index contributed by atoms with van der Waals surface area (Å²) in [6, 6.07) is 30.7. The quantitative estimate of drug-likeness (QED) is 0.0452. The molecule has 2 heterocycles. The van der Waals surface area contributed by atoms with E-state index in [0.717, 1.165) is 34.6 Å². The molecular formula is C48H67N3O10P2. The van der Waals surface area contributed by atoms with Crippen molar-refractivity contribution in [2.75, 3.05) is 40.6 Å². The van der Waals surface area contributed by atoms with Crippen LogP contribution in [0.3, 0.4) is 0 Å². The van der Waals surface area contributed by atoms with E-state index in [0.29, 0.717) is 0 Å². The first-order valence-electron chi connectivity index (χ1n) is 22.1. The normalized spacial score (nSPS) is 24.7. The molecule has 0 amide bonds. The molecule has 2 aliphatic rings. The Hall–Kier alpha value is -3.26. The maximum atomic E-state index is 9.46. The Kier molecular flexibility index (Phi) is 20.0. The van der Waals surface area contributed by atoms with Crippen molar-refractivity contribution in [3.8, 4) is 23.6 Å². The molecule has 63 heavy (non-hydrogen) atoms. The molecule has 0 spiro atoms. The third kappa shape index (κ3) is 12.8. The summed E-state index contributed by atoms with van der Waals surface area (Å²) in [4.78, 5) is 0. The zero-order valence-electron chi connectivity index (χ0n) is 38.5. The van der Waals surface area contributed by atoms with Gasteiger partial charge >= 0.3 is 8.60 Å². The fourth-order valence-corrected chi connectivity index (χ4v) is 11.4. The van der Waals surface area contributed by atoms with E-state index < -0.39 is 41.0 Å². The van der Waals surface area contributed by atoms with Gasteiger partial charge in [0.1, 0.15) is 35.4 Å². The van der Waals surface area contributed by atoms with Gasteiger partial charge in [-0.15, -0.1) is 0 Å². The van der Waals surface area contributed by atoms with Crippen LogP contribution in [0.25, 0.3) is 0 Å². The van der Waals surface area contributed by atoms with Gasteiger partial charge in [-0.3, -0.25) is 0 Å². The highest BCUT2D eigenvalue weighted by Gasteiger charge is 2.48. The molecule has 0 saturated carbocycles. The Morgan fingerprint density at radius 2 is 1.17 bits per heavy atom. The summed E-state index contributed by atoms with van der Waals surface area (Å²) < 4.78 is 66.7. The molecule has 10 atom stereocenters. The van der Waals surface area contributed by atoms with Gasteiger partial charge in [0.2, 0.25) is 0 Å². The molecule has 0 aliphatic carbocycles. The van der Waals surface area contributed by atoms with Gasteiger partial charge in [0, 0.05) is 23.9 Å². The summed E-state index contributed by atoms with van der Waals surface area (Å²) in [6.45, 7) is 17.5. The van der Waals surface area contributed by atoms with Crippen LogP contribution in [0.5, 0.6) is 11.5 Å². The van der Waals surface area contributed by atoms with Crippen molar-refractivity contribution in [1.29, 1.82) is 10.5 Å². The van der Waals surface area contributed by atoms with E-state index in [-0.39, 0.29) is 81.5 Å². The van der Waals surface area contributed by atoms with Crippen LogP contribution in [-0.2, 0) is 42.4 Å². The van der Waals surface area contributed by atoms with Gasteiger partial charge in [-0.2, -0.15) is 10.5 Å². The molecule has 0 bridgehead atoms. The van der Waals surface area contributed by atoms with Crippen LogP contribution in [-0.4, -0.2) is 94.0 Å². The van der Waals surface area contributed by atoms with Gasteiger partial charge < -0.3 is 46.3 Å². The lowest BCUT2D eigenvalue weighted by atomic mass is 9.80. The van der Waals surface area contributed by atoms with Crippen LogP contribution >= 0.6 is 17.1 Å². The zero-order chi connectivity index (χ0) is 45.5. The maximum absolute atomic E-state index is 9.46. The minimum atomic E-state index is -1.99. The topological polar surface area (TPSA) is 143 Å². The Labute approximate surface area is 378 Å². The largest absolute Gasteiger partial charge is 0.497 e. The number of nitrogens with zero attached hydrogens (tertiary/aromatic N) is 3. The van der Waals surface area contributed by atoms with Crippen molar-refractivity contribution in [1.82, 2.24) is 4.67 Å². The van der Waals surface area contributed by atoms with Crippen LogP contribution in [0, 0.1) is 34.5 Å². The van der Waals surface area contributed by atoms with Gasteiger partial charge in [0.05, 0.1) is 83.9 Å². The monoisotopic (exact) mass is 907 g/mol. The predicted octanol–water partition coefficient (Wildman–Crippen LogP) is 10.5. The molecule has 344 valence electrons. The average molecular weight is 908 g/mol. The molecular weight excluding hydrogens is 840 g/mol. The molecule has 0 aromatic heterocycles. The number of hydrogen-bond donors (Lipinski definition) is 0. The van der Waals surface area contributed by atoms with E-state index in [4.69, 9.17) is 46.3 Å². The minimum Gasteiger partial charge on any atom is -0.497 e. The van der Waals surface area contributed by atoms with Crippen LogP contribution in [0.2, 0.25) is 0 Å². The zero-order valence-corrected chi connectivity index (χ0v) is 40.3. The molecule has 2 fully saturated rings. The van der Waals surface area contributed by atoms with Gasteiger partial charge in [-0.05, 0) is 82.0 Å². The molecule has 13 nitrogen and oxygen atoms in total. The molecule has 15 heteroatoms. The first-order chi connectivity index (χ1) is 30.4. The second kappa shape index (κ2) is 24.9. The van der Waals surface area contributed by atoms with Gasteiger partial charge in [0.15, 0.2) is 0 Å². The van der Waals surface area contributed by atoms with Crippen LogP contribution in [0.1, 0.15) is 91.3 Å². The van der Waals surface area contributed by atoms with Crippen LogP contribution < -0.4 is 9.47 Å². The fourth-order valence-electron chi connectivity index (χ4n) is 8.30. The molecule has 2 saturated heterocycles. The Balaban J connectivity index is 1.43. The lowest BCUT2D eigenvalue weighted by Crippen LogP contribution is -2.39. The van der Waals surface area contributed by atoms with Crippen LogP contribution in [0.15, 0.2) is 78.9 Å². The first kappa shape index (κ1) is 50.7. The summed E-state index contributed by atoms with van der Waals surface area (Å²) in [5.41, 5.74) is 1.68. The number of nitriles is 2. The lowest BCUT2D eigenvalue weighted by Gasteiger charge is -2.38. The van der Waals surface area contributed by atoms with Crippen molar-refractivity contribution in [3.05, 3.63) is 95.6 Å². The highest BCUT2D eigenvalue weighted by molar-refractivity contribution is 7.44. The molecule has 2 aliphatic heterocycles. The van der Waals surface area contributed by atoms with Crippen molar-refractivity contribution in [2.24, 2.45) is 11.8 Å². The van der Waals surface area contributed by atoms with E-state index in [1.807, 2.05) is 73.7 Å². The highest BCUT2D eigenvalue weighted by atomic mass is 31.2.